The number of likely N-dealkylation sites (N-methyl/N-ethyl adjacent to an activating group) is 1. The Hall–Kier alpha value is -0.910. The molecule has 0 unspecified atom stereocenters. The topological polar surface area (TPSA) is 55.4 Å². The lowest BCUT2D eigenvalue weighted by atomic mass is 9.91. The van der Waals surface area contributed by atoms with E-state index in [0.717, 1.165) is 50.5 Å². The highest BCUT2D eigenvalue weighted by molar-refractivity contribution is 4.99. The molecule has 1 aliphatic rings. The van der Waals surface area contributed by atoms with Crippen LogP contribution in [0.2, 0.25) is 0 Å². The number of aromatic amines is 1. The van der Waals surface area contributed by atoms with Gasteiger partial charge in [0.25, 0.3) is 0 Å². The Balaban J connectivity index is 1.83. The van der Waals surface area contributed by atoms with Gasteiger partial charge in [-0.15, -0.1) is 0 Å². The Kier molecular flexibility index (Phi) is 4.04. The number of aliphatic hydroxyl groups is 1. The Morgan fingerprint density at radius 2 is 2.11 bits per heavy atom. The first-order valence-corrected chi connectivity index (χ1v) is 6.57. The Labute approximate surface area is 109 Å². The lowest BCUT2D eigenvalue weighted by Gasteiger charge is -2.39. The van der Waals surface area contributed by atoms with E-state index in [0.29, 0.717) is 0 Å². The smallest absolute Gasteiger partial charge is 0.120 e. The Morgan fingerprint density at radius 1 is 1.44 bits per heavy atom. The molecule has 1 aromatic heterocycles. The molecule has 102 valence electrons. The fraction of sp³-hybridized carbons (Fsp3) is 0.769. The first-order chi connectivity index (χ1) is 8.47. The number of aromatic nitrogens is 2. The van der Waals surface area contributed by atoms with Crippen LogP contribution in [0, 0.1) is 6.92 Å². The molecule has 2 heterocycles. The van der Waals surface area contributed by atoms with E-state index in [4.69, 9.17) is 0 Å². The van der Waals surface area contributed by atoms with Gasteiger partial charge in [-0.05, 0) is 33.9 Å². The van der Waals surface area contributed by atoms with E-state index in [1.54, 1.807) is 0 Å². The monoisotopic (exact) mass is 252 g/mol. The van der Waals surface area contributed by atoms with Crippen LogP contribution in [0.5, 0.6) is 0 Å². The van der Waals surface area contributed by atoms with Crippen molar-refractivity contribution in [3.05, 3.63) is 17.7 Å². The number of likely N-dealkylation sites (tertiary alicyclic amines) is 1. The number of rotatable bonds is 4. The average Bonchev–Trinajstić information content (AvgIpc) is 2.67. The molecule has 5 nitrogen and oxygen atoms in total. The summed E-state index contributed by atoms with van der Waals surface area (Å²) in [5.74, 6) is 1.02. The molecule has 5 heteroatoms. The lowest BCUT2D eigenvalue weighted by Crippen LogP contribution is -2.49. The molecule has 0 amide bonds. The van der Waals surface area contributed by atoms with Crippen LogP contribution >= 0.6 is 0 Å². The molecule has 0 aliphatic carbocycles. The van der Waals surface area contributed by atoms with Gasteiger partial charge in [-0.3, -0.25) is 4.90 Å². The molecule has 0 bridgehead atoms. The molecule has 1 aromatic rings. The lowest BCUT2D eigenvalue weighted by molar-refractivity contribution is -0.0391. The van der Waals surface area contributed by atoms with E-state index >= 15 is 0 Å². The molecule has 0 saturated carbocycles. The van der Waals surface area contributed by atoms with Gasteiger partial charge in [-0.2, -0.15) is 0 Å². The maximum Gasteiger partial charge on any atom is 0.120 e. The summed E-state index contributed by atoms with van der Waals surface area (Å²) < 4.78 is 0. The van der Waals surface area contributed by atoms with E-state index in [9.17, 15) is 5.11 Å². The highest BCUT2D eigenvalue weighted by atomic mass is 16.3. The number of nitrogens with one attached hydrogen (secondary N) is 1. The van der Waals surface area contributed by atoms with Crippen molar-refractivity contribution in [2.24, 2.45) is 0 Å². The fourth-order valence-corrected chi connectivity index (χ4v) is 2.63. The minimum absolute atomic E-state index is 0.515. The number of imidazole rings is 1. The van der Waals surface area contributed by atoms with Gasteiger partial charge < -0.3 is 15.0 Å². The molecule has 2 N–H and O–H groups in total. The number of aryl methyl sites for hydroxylation is 1. The van der Waals surface area contributed by atoms with Crippen molar-refractivity contribution in [1.82, 2.24) is 19.8 Å². The van der Waals surface area contributed by atoms with Gasteiger partial charge in [0.15, 0.2) is 0 Å². The second-order valence-electron chi connectivity index (χ2n) is 5.75. The normalized spacial score (nSPS) is 20.5. The quantitative estimate of drug-likeness (QED) is 0.824. The molecule has 0 atom stereocenters. The summed E-state index contributed by atoms with van der Waals surface area (Å²) >= 11 is 0. The molecule has 18 heavy (non-hydrogen) atoms. The maximum atomic E-state index is 10.4. The van der Waals surface area contributed by atoms with E-state index in [1.165, 1.54) is 0 Å². The largest absolute Gasteiger partial charge is 0.388 e. The van der Waals surface area contributed by atoms with Crippen molar-refractivity contribution >= 4 is 0 Å². The van der Waals surface area contributed by atoms with Gasteiger partial charge >= 0.3 is 0 Å². The van der Waals surface area contributed by atoms with Crippen molar-refractivity contribution in [2.45, 2.75) is 31.9 Å². The van der Waals surface area contributed by atoms with Crippen molar-refractivity contribution in [3.8, 4) is 0 Å². The fourth-order valence-electron chi connectivity index (χ4n) is 2.63. The third-order valence-corrected chi connectivity index (χ3v) is 3.53. The Bertz CT molecular complexity index is 380. The third kappa shape index (κ3) is 3.54. The zero-order chi connectivity index (χ0) is 13.2. The summed E-state index contributed by atoms with van der Waals surface area (Å²) in [6, 6.07) is 0. The van der Waals surface area contributed by atoms with E-state index in [-0.39, 0.29) is 0 Å². The van der Waals surface area contributed by atoms with Crippen molar-refractivity contribution < 1.29 is 5.11 Å². The van der Waals surface area contributed by atoms with Crippen molar-refractivity contribution in [1.29, 1.82) is 0 Å². The highest BCUT2D eigenvalue weighted by Gasteiger charge is 2.32. The molecule has 0 spiro atoms. The van der Waals surface area contributed by atoms with Crippen LogP contribution in [0.15, 0.2) is 6.20 Å². The van der Waals surface area contributed by atoms with Crippen molar-refractivity contribution in [3.63, 3.8) is 0 Å². The molecule has 1 aliphatic heterocycles. The zero-order valence-electron chi connectivity index (χ0n) is 11.6. The van der Waals surface area contributed by atoms with Gasteiger partial charge in [-0.25, -0.2) is 4.98 Å². The Morgan fingerprint density at radius 3 is 2.61 bits per heavy atom. The van der Waals surface area contributed by atoms with Crippen molar-refractivity contribution in [2.75, 3.05) is 33.7 Å². The van der Waals surface area contributed by atoms with Crippen LogP contribution in [0.25, 0.3) is 0 Å². The van der Waals surface area contributed by atoms with Gasteiger partial charge in [0.2, 0.25) is 0 Å². The molecular formula is C13H24N4O. The molecular weight excluding hydrogens is 228 g/mol. The first-order valence-electron chi connectivity index (χ1n) is 6.57. The zero-order valence-corrected chi connectivity index (χ0v) is 11.6. The number of hydrogen-bond donors (Lipinski definition) is 2. The van der Waals surface area contributed by atoms with Gasteiger partial charge in [-0.1, -0.05) is 0 Å². The van der Waals surface area contributed by atoms with Gasteiger partial charge in [0.05, 0.1) is 12.1 Å². The first kappa shape index (κ1) is 13.5. The predicted molar refractivity (Wildman–Crippen MR) is 71.3 cm³/mol. The van der Waals surface area contributed by atoms with Crippen LogP contribution in [0.4, 0.5) is 0 Å². The number of H-pyrrole nitrogens is 1. The maximum absolute atomic E-state index is 10.4. The predicted octanol–water partition coefficient (Wildman–Crippen LogP) is 0.607. The van der Waals surface area contributed by atoms with E-state index < -0.39 is 5.60 Å². The van der Waals surface area contributed by atoms with Gasteiger partial charge in [0, 0.05) is 31.5 Å². The van der Waals surface area contributed by atoms with Crippen LogP contribution in [0.3, 0.4) is 0 Å². The second-order valence-corrected chi connectivity index (χ2v) is 5.75. The average molecular weight is 252 g/mol. The molecule has 0 aromatic carbocycles. The summed E-state index contributed by atoms with van der Waals surface area (Å²) in [4.78, 5) is 12.0. The van der Waals surface area contributed by atoms with E-state index in [2.05, 4.69) is 19.8 Å². The minimum atomic E-state index is -0.515. The summed E-state index contributed by atoms with van der Waals surface area (Å²) in [5, 5.41) is 10.4. The summed E-state index contributed by atoms with van der Waals surface area (Å²) in [7, 11) is 4.02. The van der Waals surface area contributed by atoms with Crippen LogP contribution < -0.4 is 0 Å². The van der Waals surface area contributed by atoms with Gasteiger partial charge in [0.1, 0.15) is 5.82 Å². The second kappa shape index (κ2) is 5.38. The summed E-state index contributed by atoms with van der Waals surface area (Å²) in [6.07, 6.45) is 3.54. The minimum Gasteiger partial charge on any atom is -0.388 e. The number of nitrogens with zero attached hydrogens (tertiary/aromatic N) is 3. The van der Waals surface area contributed by atoms with Crippen LogP contribution in [-0.4, -0.2) is 64.2 Å². The third-order valence-electron chi connectivity index (χ3n) is 3.53. The summed E-state index contributed by atoms with van der Waals surface area (Å²) in [5.41, 5.74) is 0.588. The standard InChI is InChI=1S/C13H24N4O/c1-11-8-14-12(15-11)9-17-6-4-13(18,5-7-17)10-16(2)3/h8,18H,4-7,9-10H2,1-3H3,(H,14,15). The SMILES string of the molecule is Cc1cnc(CN2CCC(O)(CN(C)C)CC2)[nH]1. The number of piperidine rings is 1. The van der Waals surface area contributed by atoms with E-state index in [1.807, 2.05) is 27.2 Å². The molecule has 0 radical (unpaired) electrons. The molecule has 2 rings (SSSR count). The summed E-state index contributed by atoms with van der Waals surface area (Å²) in [6.45, 7) is 5.49. The highest BCUT2D eigenvalue weighted by Crippen LogP contribution is 2.23. The molecule has 1 saturated heterocycles. The van der Waals surface area contributed by atoms with Crippen LogP contribution in [-0.2, 0) is 6.54 Å². The molecule has 1 fully saturated rings. The number of hydrogen-bond acceptors (Lipinski definition) is 4. The van der Waals surface area contributed by atoms with Crippen LogP contribution in [0.1, 0.15) is 24.4 Å².